The molecule has 0 aromatic carbocycles. The van der Waals surface area contributed by atoms with E-state index in [0.29, 0.717) is 19.3 Å². The number of rotatable bonds is 6. The molecule has 3 aliphatic carbocycles. The van der Waals surface area contributed by atoms with Crippen LogP contribution in [0.15, 0.2) is 0 Å². The van der Waals surface area contributed by atoms with Crippen molar-refractivity contribution in [1.82, 2.24) is 4.90 Å². The van der Waals surface area contributed by atoms with Crippen molar-refractivity contribution in [3.8, 4) is 0 Å². The van der Waals surface area contributed by atoms with E-state index in [0.717, 1.165) is 6.42 Å². The van der Waals surface area contributed by atoms with Crippen molar-refractivity contribution in [2.24, 2.45) is 29.6 Å². The van der Waals surface area contributed by atoms with E-state index in [-0.39, 0.29) is 17.7 Å². The van der Waals surface area contributed by atoms with E-state index in [1.807, 2.05) is 20.8 Å². The van der Waals surface area contributed by atoms with Crippen LogP contribution >= 0.6 is 0 Å². The maximum atomic E-state index is 13.5. The van der Waals surface area contributed by atoms with Crippen LogP contribution in [0.4, 0.5) is 8.78 Å². The number of likely N-dealkylation sites (tertiary alicyclic amines) is 1. The third-order valence-electron chi connectivity index (χ3n) is 7.20. The second-order valence-electron chi connectivity index (χ2n) is 10.1. The Hall–Kier alpha value is -2.82. The molecule has 2 bridgehead atoms. The Bertz CT molecular complexity index is 948. The largest absolute Gasteiger partial charge is 0.746 e. The van der Waals surface area contributed by atoms with Crippen molar-refractivity contribution in [2.75, 3.05) is 0 Å². The van der Waals surface area contributed by atoms with Gasteiger partial charge in [0.15, 0.2) is 0 Å². The maximum absolute atomic E-state index is 13.5. The van der Waals surface area contributed by atoms with Crippen molar-refractivity contribution in [3.05, 3.63) is 6.61 Å². The molecular formula is C20H25F2NO8RfS-2. The first-order chi connectivity index (χ1) is 14.6. The Kier molecular flexibility index (Phi) is 5.72. The van der Waals surface area contributed by atoms with Crippen molar-refractivity contribution < 1.29 is 45.6 Å². The third-order valence-corrected chi connectivity index (χ3v) is 7.97. The number of fused-ring (bicyclic) bond motifs is 1. The maximum Gasteiger partial charge on any atom is 0.309 e. The first-order valence-corrected chi connectivity index (χ1v) is 12.0. The molecule has 9 nitrogen and oxygen atoms in total. The van der Waals surface area contributed by atoms with E-state index in [1.165, 1.54) is 0 Å². The van der Waals surface area contributed by atoms with Crippen molar-refractivity contribution in [1.29, 1.82) is 0 Å². The predicted octanol–water partition coefficient (Wildman–Crippen LogP) is 1.43. The summed E-state index contributed by atoms with van der Waals surface area (Å²) in [7, 11) is -6.07. The van der Waals surface area contributed by atoms with Crippen molar-refractivity contribution in [3.63, 3.8) is 0 Å². The monoisotopic (exact) mass is 744 g/mol. The standard InChI is InChI=1S/C20H26F2NO8S.Rf/c1-19(2,3)23-14-10-7-11(15(14)31-17(25)9-5-4-6-9)13(12(10)16(23)24)18(26)30-8-20(21,22)32(27,28)29;/h8-15H,4-7H2,1-3H3,(H,27,28,29);/q-1;/p-1. The average Bonchev–Trinajstić information content (AvgIpc) is 3.19. The number of halogens is 2. The Morgan fingerprint density at radius 2 is 1.76 bits per heavy atom. The molecule has 33 heavy (non-hydrogen) atoms. The molecule has 1 heterocycles. The second-order valence-corrected chi connectivity index (χ2v) is 11.5. The molecule has 4 aliphatic rings. The number of nitrogens with zero attached hydrogens (tertiary/aromatic N) is 1. The zero-order chi connectivity index (χ0) is 23.8. The Morgan fingerprint density at radius 1 is 1.15 bits per heavy atom. The first-order valence-electron chi connectivity index (χ1n) is 10.6. The van der Waals surface area contributed by atoms with E-state index >= 15 is 0 Å². The molecule has 4 fully saturated rings. The van der Waals surface area contributed by atoms with Gasteiger partial charge in [-0.2, -0.15) is 0 Å². The third kappa shape index (κ3) is 3.71. The van der Waals surface area contributed by atoms with Gasteiger partial charge >= 0.3 is 5.97 Å². The number of alkyl halides is 2. The van der Waals surface area contributed by atoms with Gasteiger partial charge in [-0.15, -0.1) is 0 Å². The summed E-state index contributed by atoms with van der Waals surface area (Å²) in [5.74, 6) is -5.22. The van der Waals surface area contributed by atoms with E-state index in [2.05, 4.69) is 4.74 Å². The molecule has 4 rings (SSSR count). The Morgan fingerprint density at radius 3 is 2.24 bits per heavy atom. The minimum absolute atomic E-state index is 0. The minimum Gasteiger partial charge on any atom is -0.746 e. The van der Waals surface area contributed by atoms with Gasteiger partial charge in [-0.1, -0.05) is 13.0 Å². The van der Waals surface area contributed by atoms with Crippen molar-refractivity contribution in [2.45, 2.75) is 69.4 Å². The van der Waals surface area contributed by atoms with Crippen LogP contribution < -0.4 is 0 Å². The molecule has 6 unspecified atom stereocenters. The predicted molar refractivity (Wildman–Crippen MR) is 101 cm³/mol. The van der Waals surface area contributed by atoms with Crippen LogP contribution in [-0.2, 0) is 34.0 Å². The zero-order valence-electron chi connectivity index (χ0n) is 18.5. The molecule has 0 aromatic rings. The normalized spacial score (nSPS) is 33.5. The minimum atomic E-state index is -6.07. The van der Waals surface area contributed by atoms with Gasteiger partial charge in [0.2, 0.25) is 5.91 Å². The summed E-state index contributed by atoms with van der Waals surface area (Å²) in [6, 6.07) is -0.432. The molecule has 182 valence electrons. The van der Waals surface area contributed by atoms with E-state index in [9.17, 15) is 36.1 Å². The number of amides is 1. The number of ether oxygens (including phenoxy) is 2. The summed E-state index contributed by atoms with van der Waals surface area (Å²) in [6.07, 6.45) is 1.89. The van der Waals surface area contributed by atoms with Crippen LogP contribution in [-0.4, -0.2) is 58.7 Å². The van der Waals surface area contributed by atoms with Gasteiger partial charge in [0, 0.05) is 11.5 Å². The Balaban J connectivity index is 0.00000306. The van der Waals surface area contributed by atoms with Gasteiger partial charge in [-0.05, 0) is 46.0 Å². The average molecular weight is 744 g/mol. The fourth-order valence-electron chi connectivity index (χ4n) is 5.70. The number of carbonyl (C=O) groups excluding carboxylic acids is 3. The van der Waals surface area contributed by atoms with Crippen molar-refractivity contribution >= 4 is 28.0 Å². The molecule has 0 radical (unpaired) electrons. The van der Waals surface area contributed by atoms with Crippen LogP contribution in [0.25, 0.3) is 0 Å². The van der Waals surface area contributed by atoms with E-state index < -0.39 is 69.4 Å². The van der Waals surface area contributed by atoms with Crippen LogP contribution in [0.2, 0.25) is 0 Å². The fraction of sp³-hybridized carbons (Fsp3) is 0.800. The molecule has 3 saturated carbocycles. The van der Waals surface area contributed by atoms with Gasteiger partial charge in [0.1, 0.15) is 16.2 Å². The summed E-state index contributed by atoms with van der Waals surface area (Å²) in [5, 5.41) is -4.91. The number of hydrogen-bond donors (Lipinski definition) is 0. The van der Waals surface area contributed by atoms with Crippen LogP contribution in [0.1, 0.15) is 46.5 Å². The molecule has 0 aromatic heterocycles. The van der Waals surface area contributed by atoms with Gasteiger partial charge in [-0.3, -0.25) is 14.4 Å². The molecule has 13 heteroatoms. The molecule has 0 N–H and O–H groups in total. The zero-order valence-corrected chi connectivity index (χ0v) is 25.7. The quantitative estimate of drug-likeness (QED) is 0.227. The van der Waals surface area contributed by atoms with Crippen LogP contribution in [0, 0.1) is 36.2 Å². The topological polar surface area (TPSA) is 130 Å². The number of carbonyl (C=O) groups is 3. The molecule has 1 saturated heterocycles. The fourth-order valence-corrected chi connectivity index (χ4v) is 5.87. The molecular weight excluding hydrogens is 719 g/mol. The van der Waals surface area contributed by atoms with Crippen LogP contribution in [0.3, 0.4) is 0 Å². The van der Waals surface area contributed by atoms with Gasteiger partial charge in [-0.25, -0.2) is 17.2 Å². The SMILES string of the molecule is CC(C)(C)N1C(=O)C2C3CC(C(OC(=O)C4CCC4)C31)C2C(=O)O[CH-]C(F)(F)S(=O)(=O)[O-].[Rf]. The molecule has 0 spiro atoms. The van der Waals surface area contributed by atoms with E-state index in [4.69, 9.17) is 4.74 Å². The summed E-state index contributed by atoms with van der Waals surface area (Å²) in [6.45, 7) is 4.84. The Labute approximate surface area is 184 Å². The molecule has 1 amide bonds. The summed E-state index contributed by atoms with van der Waals surface area (Å²) >= 11 is 0. The van der Waals surface area contributed by atoms with E-state index in [1.54, 1.807) is 4.90 Å². The molecule has 6 atom stereocenters. The molecule has 1 aliphatic heterocycles. The summed E-state index contributed by atoms with van der Waals surface area (Å²) in [5.41, 5.74) is -0.640. The second kappa shape index (κ2) is 7.61. The van der Waals surface area contributed by atoms with Crippen LogP contribution in [0.5, 0.6) is 0 Å². The first kappa shape index (κ1) is 24.8. The smallest absolute Gasteiger partial charge is 0.309 e. The number of esters is 2. The number of hydrogen-bond acceptors (Lipinski definition) is 8. The summed E-state index contributed by atoms with van der Waals surface area (Å²) in [4.78, 5) is 40.2. The van der Waals surface area contributed by atoms with Gasteiger partial charge in [0.05, 0.1) is 23.8 Å². The summed E-state index contributed by atoms with van der Waals surface area (Å²) < 4.78 is 69.1. The van der Waals surface area contributed by atoms with Gasteiger partial charge < -0.3 is 18.9 Å². The van der Waals surface area contributed by atoms with Gasteiger partial charge in [0.25, 0.3) is 11.2 Å².